The van der Waals surface area contributed by atoms with E-state index in [-0.39, 0.29) is 25.6 Å². The van der Waals surface area contributed by atoms with Gasteiger partial charge in [0.1, 0.15) is 12.4 Å². The number of hydrogen-bond acceptors (Lipinski definition) is 7. The molecule has 0 spiro atoms. The monoisotopic (exact) mass is 340 g/mol. The van der Waals surface area contributed by atoms with Gasteiger partial charge < -0.3 is 28.8 Å². The molecule has 7 heteroatoms. The Balaban J connectivity index is 1.95. The van der Waals surface area contributed by atoms with E-state index < -0.39 is 5.97 Å². The van der Waals surface area contributed by atoms with Crippen LogP contribution in [0, 0.1) is 0 Å². The number of para-hydroxylation sites is 1. The Morgan fingerprint density at radius 3 is 2.00 bits per heavy atom. The molecule has 1 aromatic rings. The third kappa shape index (κ3) is 9.96. The highest BCUT2D eigenvalue weighted by atomic mass is 16.6. The fourth-order valence-corrected chi connectivity index (χ4v) is 1.55. The van der Waals surface area contributed by atoms with E-state index >= 15 is 0 Å². The highest BCUT2D eigenvalue weighted by molar-refractivity contribution is 5.86. The van der Waals surface area contributed by atoms with Gasteiger partial charge in [0, 0.05) is 0 Å². The lowest BCUT2D eigenvalue weighted by Crippen LogP contribution is -2.16. The molecule has 7 nitrogen and oxygen atoms in total. The summed E-state index contributed by atoms with van der Waals surface area (Å²) in [4.78, 5) is 11.6. The Morgan fingerprint density at radius 1 is 0.875 bits per heavy atom. The van der Waals surface area contributed by atoms with Crippen molar-refractivity contribution >= 4 is 5.97 Å². The molecule has 24 heavy (non-hydrogen) atoms. The van der Waals surface area contributed by atoms with E-state index in [2.05, 4.69) is 6.58 Å². The maximum Gasteiger partial charge on any atom is 0.373 e. The minimum Gasteiger partial charge on any atom is -0.457 e. The second-order valence-corrected chi connectivity index (χ2v) is 4.53. The summed E-state index contributed by atoms with van der Waals surface area (Å²) in [5, 5.41) is 8.50. The number of aliphatic hydroxyl groups excluding tert-OH is 1. The van der Waals surface area contributed by atoms with Gasteiger partial charge in [0.05, 0.1) is 46.2 Å². The van der Waals surface area contributed by atoms with Crippen molar-refractivity contribution in [2.75, 3.05) is 52.9 Å². The van der Waals surface area contributed by atoms with Crippen molar-refractivity contribution in [3.05, 3.63) is 42.7 Å². The van der Waals surface area contributed by atoms with Crippen molar-refractivity contribution in [1.29, 1.82) is 0 Å². The minimum atomic E-state index is -0.625. The summed E-state index contributed by atoms with van der Waals surface area (Å²) < 4.78 is 25.8. The largest absolute Gasteiger partial charge is 0.457 e. The minimum absolute atomic E-state index is 0.00461. The fraction of sp³-hybridized carbons (Fsp3) is 0.471. The Kier molecular flexibility index (Phi) is 11.3. The zero-order chi connectivity index (χ0) is 17.5. The number of esters is 1. The lowest BCUT2D eigenvalue weighted by Gasteiger charge is -2.09. The Hall–Kier alpha value is -1.93. The molecule has 1 rings (SSSR count). The van der Waals surface area contributed by atoms with Gasteiger partial charge in [-0.15, -0.1) is 0 Å². The molecule has 0 amide bonds. The van der Waals surface area contributed by atoms with Gasteiger partial charge in [-0.3, -0.25) is 0 Å². The van der Waals surface area contributed by atoms with E-state index in [1.807, 2.05) is 6.07 Å². The summed E-state index contributed by atoms with van der Waals surface area (Å²) in [6, 6.07) is 8.87. The molecule has 0 bridgehead atoms. The average molecular weight is 340 g/mol. The van der Waals surface area contributed by atoms with E-state index in [1.54, 1.807) is 24.3 Å². The molecular weight excluding hydrogens is 316 g/mol. The maximum absolute atomic E-state index is 11.6. The highest BCUT2D eigenvalue weighted by Crippen LogP contribution is 2.12. The van der Waals surface area contributed by atoms with Crippen LogP contribution in [0.1, 0.15) is 0 Å². The molecule has 134 valence electrons. The Bertz CT molecular complexity index is 461. The van der Waals surface area contributed by atoms with Crippen LogP contribution in [0.4, 0.5) is 0 Å². The molecule has 0 unspecified atom stereocenters. The lowest BCUT2D eigenvalue weighted by atomic mass is 10.3. The summed E-state index contributed by atoms with van der Waals surface area (Å²) in [6.07, 6.45) is 0. The summed E-state index contributed by atoms with van der Waals surface area (Å²) >= 11 is 0. The van der Waals surface area contributed by atoms with Gasteiger partial charge in [-0.2, -0.15) is 0 Å². The number of carbonyl (C=O) groups excluding carboxylic acids is 1. The number of carbonyl (C=O) groups is 1. The number of rotatable bonds is 14. The van der Waals surface area contributed by atoms with Gasteiger partial charge in [0.25, 0.3) is 0 Å². The van der Waals surface area contributed by atoms with Gasteiger partial charge in [-0.05, 0) is 18.7 Å². The SMILES string of the molecule is C=C(Oc1ccccc1)C(=O)OCCOCCOCCOCCO. The quantitative estimate of drug-likeness (QED) is 0.235. The molecule has 0 atom stereocenters. The Labute approximate surface area is 141 Å². The average Bonchev–Trinajstić information content (AvgIpc) is 2.60. The number of benzene rings is 1. The van der Waals surface area contributed by atoms with Crippen molar-refractivity contribution in [3.8, 4) is 5.75 Å². The van der Waals surface area contributed by atoms with Gasteiger partial charge in [0.2, 0.25) is 5.76 Å². The van der Waals surface area contributed by atoms with E-state index in [1.165, 1.54) is 0 Å². The molecular formula is C17H24O7. The van der Waals surface area contributed by atoms with E-state index in [0.29, 0.717) is 38.8 Å². The molecule has 0 radical (unpaired) electrons. The molecule has 0 aliphatic carbocycles. The van der Waals surface area contributed by atoms with Crippen LogP contribution < -0.4 is 4.74 Å². The first kappa shape index (κ1) is 20.1. The van der Waals surface area contributed by atoms with Crippen molar-refractivity contribution in [2.24, 2.45) is 0 Å². The molecule has 0 aliphatic rings. The third-order valence-electron chi connectivity index (χ3n) is 2.65. The summed E-state index contributed by atoms with van der Waals surface area (Å²) in [6.45, 7) is 5.89. The van der Waals surface area contributed by atoms with Gasteiger partial charge in [-0.1, -0.05) is 18.2 Å². The first-order valence-electron chi connectivity index (χ1n) is 7.67. The number of aliphatic hydroxyl groups is 1. The topological polar surface area (TPSA) is 83.5 Å². The van der Waals surface area contributed by atoms with Crippen molar-refractivity contribution in [2.45, 2.75) is 0 Å². The second-order valence-electron chi connectivity index (χ2n) is 4.53. The van der Waals surface area contributed by atoms with Gasteiger partial charge in [0.15, 0.2) is 0 Å². The second kappa shape index (κ2) is 13.5. The smallest absolute Gasteiger partial charge is 0.373 e. The predicted molar refractivity (Wildman–Crippen MR) is 86.7 cm³/mol. The first-order valence-corrected chi connectivity index (χ1v) is 7.67. The van der Waals surface area contributed by atoms with Crippen LogP contribution in [0.3, 0.4) is 0 Å². The molecule has 0 aliphatic heterocycles. The van der Waals surface area contributed by atoms with Crippen LogP contribution >= 0.6 is 0 Å². The van der Waals surface area contributed by atoms with Crippen LogP contribution in [-0.4, -0.2) is 63.9 Å². The normalized spacial score (nSPS) is 10.4. The summed E-state index contributed by atoms with van der Waals surface area (Å²) in [5.74, 6) is -0.178. The summed E-state index contributed by atoms with van der Waals surface area (Å²) in [7, 11) is 0. The van der Waals surface area contributed by atoms with Crippen molar-refractivity contribution < 1.29 is 33.6 Å². The standard InChI is InChI=1S/C17H24O7/c1-15(24-16-5-3-2-4-6-16)17(19)23-14-13-22-12-11-21-10-9-20-8-7-18/h2-6,18H,1,7-14H2. The van der Waals surface area contributed by atoms with Crippen LogP contribution in [0.2, 0.25) is 0 Å². The van der Waals surface area contributed by atoms with Crippen LogP contribution in [-0.2, 0) is 23.7 Å². The van der Waals surface area contributed by atoms with E-state index in [0.717, 1.165) is 0 Å². The van der Waals surface area contributed by atoms with Crippen LogP contribution in [0.5, 0.6) is 5.75 Å². The predicted octanol–water partition coefficient (Wildman–Crippen LogP) is 1.16. The molecule has 1 N–H and O–H groups in total. The molecule has 0 heterocycles. The maximum atomic E-state index is 11.6. The van der Waals surface area contributed by atoms with Gasteiger partial charge >= 0.3 is 5.97 Å². The summed E-state index contributed by atoms with van der Waals surface area (Å²) in [5.41, 5.74) is 0. The van der Waals surface area contributed by atoms with Crippen LogP contribution in [0.25, 0.3) is 0 Å². The molecule has 0 aromatic heterocycles. The zero-order valence-corrected chi connectivity index (χ0v) is 13.6. The number of hydrogen-bond donors (Lipinski definition) is 1. The molecule has 0 fully saturated rings. The molecule has 0 saturated carbocycles. The first-order chi connectivity index (χ1) is 11.7. The van der Waals surface area contributed by atoms with Crippen LogP contribution in [0.15, 0.2) is 42.7 Å². The van der Waals surface area contributed by atoms with Gasteiger partial charge in [-0.25, -0.2) is 4.79 Å². The molecule has 0 saturated heterocycles. The van der Waals surface area contributed by atoms with E-state index in [9.17, 15) is 4.79 Å². The van der Waals surface area contributed by atoms with Crippen molar-refractivity contribution in [1.82, 2.24) is 0 Å². The fourth-order valence-electron chi connectivity index (χ4n) is 1.55. The molecule has 1 aromatic carbocycles. The van der Waals surface area contributed by atoms with Crippen molar-refractivity contribution in [3.63, 3.8) is 0 Å². The zero-order valence-electron chi connectivity index (χ0n) is 13.6. The van der Waals surface area contributed by atoms with E-state index in [4.69, 9.17) is 28.8 Å². The third-order valence-corrected chi connectivity index (χ3v) is 2.65. The Morgan fingerprint density at radius 2 is 1.42 bits per heavy atom. The number of ether oxygens (including phenoxy) is 5. The highest BCUT2D eigenvalue weighted by Gasteiger charge is 2.10. The lowest BCUT2D eigenvalue weighted by molar-refractivity contribution is -0.143.